The van der Waals surface area contributed by atoms with Gasteiger partial charge in [-0.1, -0.05) is 42.5 Å². The van der Waals surface area contributed by atoms with Gasteiger partial charge in [-0.15, -0.1) is 0 Å². The number of nitrogens with one attached hydrogen (secondary N) is 2. The van der Waals surface area contributed by atoms with Crippen molar-refractivity contribution < 1.29 is 9.53 Å². The van der Waals surface area contributed by atoms with Gasteiger partial charge in [-0.3, -0.25) is 4.79 Å². The van der Waals surface area contributed by atoms with Crippen molar-refractivity contribution in [2.45, 2.75) is 19.5 Å². The first kappa shape index (κ1) is 18.0. The number of carbonyl (C=O) groups is 1. The SMILES string of the molecule is NCc1cccc(CNCCC(=O)NCCOc2ccccc2)c1. The first-order valence-corrected chi connectivity index (χ1v) is 8.21. The van der Waals surface area contributed by atoms with Gasteiger partial charge in [0.2, 0.25) is 5.91 Å². The predicted octanol–water partition coefficient (Wildman–Crippen LogP) is 1.82. The largest absolute Gasteiger partial charge is 0.492 e. The predicted molar refractivity (Wildman–Crippen MR) is 95.6 cm³/mol. The van der Waals surface area contributed by atoms with Gasteiger partial charge in [0.05, 0.1) is 6.54 Å². The topological polar surface area (TPSA) is 76.4 Å². The van der Waals surface area contributed by atoms with Crippen molar-refractivity contribution in [3.05, 3.63) is 65.7 Å². The van der Waals surface area contributed by atoms with Crippen molar-refractivity contribution in [3.8, 4) is 5.75 Å². The van der Waals surface area contributed by atoms with Gasteiger partial charge in [-0.05, 0) is 23.3 Å². The van der Waals surface area contributed by atoms with E-state index in [1.54, 1.807) is 0 Å². The molecule has 0 spiro atoms. The Hall–Kier alpha value is -2.37. The maximum Gasteiger partial charge on any atom is 0.221 e. The number of nitrogens with two attached hydrogens (primary N) is 1. The summed E-state index contributed by atoms with van der Waals surface area (Å²) < 4.78 is 5.52. The van der Waals surface area contributed by atoms with Crippen molar-refractivity contribution in [1.82, 2.24) is 10.6 Å². The van der Waals surface area contributed by atoms with Crippen LogP contribution in [0, 0.1) is 0 Å². The van der Waals surface area contributed by atoms with Crippen LogP contribution in [0.15, 0.2) is 54.6 Å². The third kappa shape index (κ3) is 6.81. The van der Waals surface area contributed by atoms with Crippen LogP contribution in [0.25, 0.3) is 0 Å². The minimum Gasteiger partial charge on any atom is -0.492 e. The lowest BCUT2D eigenvalue weighted by Crippen LogP contribution is -2.30. The Morgan fingerprint density at radius 2 is 1.79 bits per heavy atom. The van der Waals surface area contributed by atoms with Crippen LogP contribution in [0.4, 0.5) is 0 Å². The highest BCUT2D eigenvalue weighted by Gasteiger charge is 2.01. The van der Waals surface area contributed by atoms with E-state index < -0.39 is 0 Å². The fourth-order valence-corrected chi connectivity index (χ4v) is 2.27. The van der Waals surface area contributed by atoms with E-state index in [0.717, 1.165) is 17.9 Å². The number of carbonyl (C=O) groups excluding carboxylic acids is 1. The van der Waals surface area contributed by atoms with Crippen LogP contribution in [0.5, 0.6) is 5.75 Å². The summed E-state index contributed by atoms with van der Waals surface area (Å²) in [6.07, 6.45) is 0.446. The molecule has 1 amide bonds. The number of hydrogen-bond acceptors (Lipinski definition) is 4. The molecule has 0 aliphatic heterocycles. The third-order valence-electron chi connectivity index (χ3n) is 3.52. The highest BCUT2D eigenvalue weighted by Crippen LogP contribution is 2.07. The molecule has 0 radical (unpaired) electrons. The van der Waals surface area contributed by atoms with Gasteiger partial charge in [0.1, 0.15) is 12.4 Å². The van der Waals surface area contributed by atoms with Crippen molar-refractivity contribution in [3.63, 3.8) is 0 Å². The van der Waals surface area contributed by atoms with Crippen molar-refractivity contribution in [1.29, 1.82) is 0 Å². The van der Waals surface area contributed by atoms with Crippen LogP contribution < -0.4 is 21.1 Å². The van der Waals surface area contributed by atoms with Gasteiger partial charge in [0.25, 0.3) is 0 Å². The zero-order valence-corrected chi connectivity index (χ0v) is 13.8. The fourth-order valence-electron chi connectivity index (χ4n) is 2.27. The molecule has 0 aliphatic rings. The molecule has 0 saturated carbocycles. The van der Waals surface area contributed by atoms with Gasteiger partial charge >= 0.3 is 0 Å². The first-order chi connectivity index (χ1) is 11.8. The molecule has 0 bridgehead atoms. The number of amides is 1. The summed E-state index contributed by atoms with van der Waals surface area (Å²) in [5.74, 6) is 0.836. The van der Waals surface area contributed by atoms with Gasteiger partial charge in [-0.2, -0.15) is 0 Å². The van der Waals surface area contributed by atoms with Crippen LogP contribution >= 0.6 is 0 Å². The molecule has 2 aromatic carbocycles. The third-order valence-corrected chi connectivity index (χ3v) is 3.52. The van der Waals surface area contributed by atoms with Crippen LogP contribution in [0.1, 0.15) is 17.5 Å². The van der Waals surface area contributed by atoms with E-state index >= 15 is 0 Å². The first-order valence-electron chi connectivity index (χ1n) is 8.21. The van der Waals surface area contributed by atoms with Gasteiger partial charge < -0.3 is 21.1 Å². The zero-order valence-electron chi connectivity index (χ0n) is 13.8. The van der Waals surface area contributed by atoms with Crippen molar-refractivity contribution in [2.75, 3.05) is 19.7 Å². The monoisotopic (exact) mass is 327 g/mol. The highest BCUT2D eigenvalue weighted by atomic mass is 16.5. The Morgan fingerprint density at radius 1 is 1.00 bits per heavy atom. The Kier molecular flexibility index (Phi) is 7.80. The second kappa shape index (κ2) is 10.4. The smallest absolute Gasteiger partial charge is 0.221 e. The molecule has 0 atom stereocenters. The summed E-state index contributed by atoms with van der Waals surface area (Å²) >= 11 is 0. The van der Waals surface area contributed by atoms with E-state index in [9.17, 15) is 4.79 Å². The molecule has 0 fully saturated rings. The van der Waals surface area contributed by atoms with E-state index in [1.807, 2.05) is 48.5 Å². The zero-order chi connectivity index (χ0) is 17.0. The van der Waals surface area contributed by atoms with Crippen LogP contribution in [-0.2, 0) is 17.9 Å². The number of hydrogen-bond donors (Lipinski definition) is 3. The normalized spacial score (nSPS) is 10.4. The molecule has 2 aromatic rings. The average Bonchev–Trinajstić information content (AvgIpc) is 2.63. The van der Waals surface area contributed by atoms with Crippen LogP contribution in [0.3, 0.4) is 0 Å². The van der Waals surface area contributed by atoms with Crippen LogP contribution in [0.2, 0.25) is 0 Å². The van der Waals surface area contributed by atoms with E-state index in [0.29, 0.717) is 32.7 Å². The quantitative estimate of drug-likeness (QED) is 0.582. The second-order valence-corrected chi connectivity index (χ2v) is 5.46. The summed E-state index contributed by atoms with van der Waals surface area (Å²) in [6.45, 7) is 2.89. The Labute approximate surface area is 143 Å². The van der Waals surface area contributed by atoms with Crippen LogP contribution in [-0.4, -0.2) is 25.6 Å². The second-order valence-electron chi connectivity index (χ2n) is 5.46. The Bertz CT molecular complexity index is 617. The summed E-state index contributed by atoms with van der Waals surface area (Å²) in [6, 6.07) is 17.7. The number of ether oxygens (including phenoxy) is 1. The fraction of sp³-hybridized carbons (Fsp3) is 0.316. The maximum absolute atomic E-state index is 11.7. The Morgan fingerprint density at radius 3 is 2.58 bits per heavy atom. The summed E-state index contributed by atoms with van der Waals surface area (Å²) in [7, 11) is 0. The lowest BCUT2D eigenvalue weighted by atomic mass is 10.1. The van der Waals surface area contributed by atoms with Gasteiger partial charge in [0, 0.05) is 26.1 Å². The van der Waals surface area contributed by atoms with Gasteiger partial charge in [0.15, 0.2) is 0 Å². The van der Waals surface area contributed by atoms with E-state index in [2.05, 4.69) is 16.7 Å². The van der Waals surface area contributed by atoms with E-state index in [-0.39, 0.29) is 5.91 Å². The molecule has 0 unspecified atom stereocenters. The summed E-state index contributed by atoms with van der Waals surface area (Å²) in [5, 5.41) is 6.12. The molecular formula is C19H25N3O2. The summed E-state index contributed by atoms with van der Waals surface area (Å²) in [5.41, 5.74) is 7.92. The standard InChI is InChI=1S/C19H25N3O2/c20-14-16-5-4-6-17(13-16)15-21-10-9-19(23)22-11-12-24-18-7-2-1-3-8-18/h1-8,13,21H,9-12,14-15,20H2,(H,22,23). The molecule has 5 nitrogen and oxygen atoms in total. The van der Waals surface area contributed by atoms with Crippen molar-refractivity contribution >= 4 is 5.91 Å². The molecule has 0 aliphatic carbocycles. The number of para-hydroxylation sites is 1. The number of benzene rings is 2. The highest BCUT2D eigenvalue weighted by molar-refractivity contribution is 5.76. The van der Waals surface area contributed by atoms with Crippen molar-refractivity contribution in [2.24, 2.45) is 5.73 Å². The molecule has 0 heterocycles. The Balaban J connectivity index is 1.53. The minimum absolute atomic E-state index is 0.0230. The molecule has 0 aromatic heterocycles. The maximum atomic E-state index is 11.7. The molecule has 5 heteroatoms. The molecule has 128 valence electrons. The van der Waals surface area contributed by atoms with E-state index in [1.165, 1.54) is 5.56 Å². The molecular weight excluding hydrogens is 302 g/mol. The molecule has 4 N–H and O–H groups in total. The molecule has 0 saturated heterocycles. The lowest BCUT2D eigenvalue weighted by molar-refractivity contribution is -0.121. The molecule has 24 heavy (non-hydrogen) atoms. The lowest BCUT2D eigenvalue weighted by Gasteiger charge is -2.08. The average molecular weight is 327 g/mol. The summed E-state index contributed by atoms with van der Waals surface area (Å²) in [4.78, 5) is 11.7. The number of rotatable bonds is 10. The minimum atomic E-state index is 0.0230. The van der Waals surface area contributed by atoms with Gasteiger partial charge in [-0.25, -0.2) is 0 Å². The van der Waals surface area contributed by atoms with E-state index in [4.69, 9.17) is 10.5 Å². The molecule has 2 rings (SSSR count).